The van der Waals surface area contributed by atoms with Gasteiger partial charge in [-0.15, -0.1) is 0 Å². The van der Waals surface area contributed by atoms with Crippen molar-refractivity contribution >= 4 is 22.4 Å². The zero-order valence-corrected chi connectivity index (χ0v) is 14.5. The molecule has 0 spiro atoms. The highest BCUT2D eigenvalue weighted by Gasteiger charge is 2.51. The summed E-state index contributed by atoms with van der Waals surface area (Å²) in [5.74, 6) is 0.889. The van der Waals surface area contributed by atoms with Crippen LogP contribution in [-0.4, -0.2) is 13.0 Å². The molecule has 3 heteroatoms. The van der Waals surface area contributed by atoms with Crippen molar-refractivity contribution in [2.75, 3.05) is 12.4 Å². The molecule has 1 aliphatic carbocycles. The molecular formula is C22H21NO2. The smallest absolute Gasteiger partial charge is 0.235 e. The maximum Gasteiger partial charge on any atom is 0.235 e. The van der Waals surface area contributed by atoms with Crippen molar-refractivity contribution in [3.8, 4) is 5.75 Å². The molecule has 3 aromatic carbocycles. The number of carbonyl (C=O) groups is 1. The molecule has 0 heterocycles. The Morgan fingerprint density at radius 3 is 2.28 bits per heavy atom. The SMILES string of the molecule is COc1ccc(NC(=O)C2(c3ccc(C)cc3)CC2)c2ccccc12. The molecule has 0 atom stereocenters. The number of aryl methyl sites for hydroxylation is 1. The predicted octanol–water partition coefficient (Wildman–Crippen LogP) is 4.83. The maximum atomic E-state index is 13.0. The largest absolute Gasteiger partial charge is 0.496 e. The molecular weight excluding hydrogens is 310 g/mol. The van der Waals surface area contributed by atoms with Crippen LogP contribution in [0.25, 0.3) is 10.8 Å². The Morgan fingerprint density at radius 1 is 0.960 bits per heavy atom. The number of benzene rings is 3. The second-order valence-electron chi connectivity index (χ2n) is 6.76. The van der Waals surface area contributed by atoms with E-state index >= 15 is 0 Å². The molecule has 1 saturated carbocycles. The molecule has 4 rings (SSSR count). The van der Waals surface area contributed by atoms with Gasteiger partial charge in [-0.05, 0) is 37.5 Å². The van der Waals surface area contributed by atoms with Gasteiger partial charge in [-0.1, -0.05) is 54.1 Å². The van der Waals surface area contributed by atoms with Crippen LogP contribution in [0.1, 0.15) is 24.0 Å². The zero-order chi connectivity index (χ0) is 17.4. The lowest BCUT2D eigenvalue weighted by atomic mass is 9.94. The molecule has 1 aliphatic rings. The van der Waals surface area contributed by atoms with Crippen LogP contribution in [-0.2, 0) is 10.2 Å². The summed E-state index contributed by atoms with van der Waals surface area (Å²) in [4.78, 5) is 13.0. The summed E-state index contributed by atoms with van der Waals surface area (Å²) < 4.78 is 5.43. The minimum Gasteiger partial charge on any atom is -0.496 e. The first kappa shape index (κ1) is 15.7. The quantitative estimate of drug-likeness (QED) is 0.744. The van der Waals surface area contributed by atoms with Crippen LogP contribution in [0.2, 0.25) is 0 Å². The fraction of sp³-hybridized carbons (Fsp3) is 0.227. The number of carbonyl (C=O) groups excluding carboxylic acids is 1. The Balaban J connectivity index is 1.68. The van der Waals surface area contributed by atoms with E-state index in [2.05, 4.69) is 36.5 Å². The number of nitrogens with one attached hydrogen (secondary N) is 1. The van der Waals surface area contributed by atoms with E-state index in [1.54, 1.807) is 7.11 Å². The predicted molar refractivity (Wildman–Crippen MR) is 101 cm³/mol. The molecule has 0 saturated heterocycles. The second kappa shape index (κ2) is 5.92. The van der Waals surface area contributed by atoms with Crippen molar-refractivity contribution in [1.82, 2.24) is 0 Å². The van der Waals surface area contributed by atoms with Gasteiger partial charge in [0.05, 0.1) is 12.5 Å². The summed E-state index contributed by atoms with van der Waals surface area (Å²) in [6, 6.07) is 20.1. The van der Waals surface area contributed by atoms with Crippen LogP contribution in [0.15, 0.2) is 60.7 Å². The van der Waals surface area contributed by atoms with Crippen molar-refractivity contribution < 1.29 is 9.53 Å². The molecule has 0 aliphatic heterocycles. The van der Waals surface area contributed by atoms with Crippen LogP contribution in [0.4, 0.5) is 5.69 Å². The first-order valence-electron chi connectivity index (χ1n) is 8.58. The molecule has 0 aromatic heterocycles. The van der Waals surface area contributed by atoms with Gasteiger partial charge in [0.2, 0.25) is 5.91 Å². The summed E-state index contributed by atoms with van der Waals surface area (Å²) in [6.07, 6.45) is 1.80. The van der Waals surface area contributed by atoms with Crippen molar-refractivity contribution in [1.29, 1.82) is 0 Å². The van der Waals surface area contributed by atoms with Gasteiger partial charge in [-0.3, -0.25) is 4.79 Å². The molecule has 1 fully saturated rings. The number of hydrogen-bond donors (Lipinski definition) is 1. The van der Waals surface area contributed by atoms with Crippen molar-refractivity contribution in [2.24, 2.45) is 0 Å². The minimum atomic E-state index is -0.380. The van der Waals surface area contributed by atoms with E-state index in [9.17, 15) is 4.79 Å². The maximum absolute atomic E-state index is 13.0. The lowest BCUT2D eigenvalue weighted by Gasteiger charge is -2.18. The van der Waals surface area contributed by atoms with Crippen molar-refractivity contribution in [3.05, 3.63) is 71.8 Å². The molecule has 25 heavy (non-hydrogen) atoms. The average molecular weight is 331 g/mol. The average Bonchev–Trinajstić information content (AvgIpc) is 3.44. The third-order valence-electron chi connectivity index (χ3n) is 5.14. The van der Waals surface area contributed by atoms with Crippen LogP contribution in [0.3, 0.4) is 0 Å². The number of ether oxygens (including phenoxy) is 1. The molecule has 3 aromatic rings. The van der Waals surface area contributed by atoms with Gasteiger partial charge in [-0.2, -0.15) is 0 Å². The Bertz CT molecular complexity index is 940. The third-order valence-corrected chi connectivity index (χ3v) is 5.14. The highest BCUT2D eigenvalue weighted by atomic mass is 16.5. The zero-order valence-electron chi connectivity index (χ0n) is 14.5. The second-order valence-corrected chi connectivity index (χ2v) is 6.76. The van der Waals surface area contributed by atoms with Crippen LogP contribution >= 0.6 is 0 Å². The molecule has 3 nitrogen and oxygen atoms in total. The van der Waals surface area contributed by atoms with Crippen molar-refractivity contribution in [2.45, 2.75) is 25.2 Å². The number of fused-ring (bicyclic) bond motifs is 1. The monoisotopic (exact) mass is 331 g/mol. The highest BCUT2D eigenvalue weighted by Crippen LogP contribution is 2.49. The lowest BCUT2D eigenvalue weighted by molar-refractivity contribution is -0.118. The van der Waals surface area contributed by atoms with Crippen LogP contribution in [0, 0.1) is 6.92 Å². The van der Waals surface area contributed by atoms with Gasteiger partial charge in [0, 0.05) is 16.5 Å². The number of rotatable bonds is 4. The van der Waals surface area contributed by atoms with Crippen LogP contribution < -0.4 is 10.1 Å². The first-order valence-corrected chi connectivity index (χ1v) is 8.58. The van der Waals surface area contributed by atoms with Gasteiger partial charge < -0.3 is 10.1 Å². The molecule has 0 radical (unpaired) electrons. The summed E-state index contributed by atoms with van der Waals surface area (Å²) in [5.41, 5.74) is 2.77. The lowest BCUT2D eigenvalue weighted by Crippen LogP contribution is -2.27. The summed E-state index contributed by atoms with van der Waals surface area (Å²) in [7, 11) is 1.66. The van der Waals surface area contributed by atoms with E-state index in [-0.39, 0.29) is 11.3 Å². The van der Waals surface area contributed by atoms with E-state index in [4.69, 9.17) is 4.74 Å². The fourth-order valence-electron chi connectivity index (χ4n) is 3.44. The van der Waals surface area contributed by atoms with E-state index in [0.717, 1.165) is 40.6 Å². The molecule has 0 bridgehead atoms. The Morgan fingerprint density at radius 2 is 1.64 bits per heavy atom. The van der Waals surface area contributed by atoms with E-state index in [0.29, 0.717) is 0 Å². The fourth-order valence-corrected chi connectivity index (χ4v) is 3.44. The summed E-state index contributed by atoms with van der Waals surface area (Å²) in [5, 5.41) is 5.16. The third kappa shape index (κ3) is 2.66. The summed E-state index contributed by atoms with van der Waals surface area (Å²) >= 11 is 0. The molecule has 1 amide bonds. The van der Waals surface area contributed by atoms with Gasteiger partial charge >= 0.3 is 0 Å². The molecule has 126 valence electrons. The topological polar surface area (TPSA) is 38.3 Å². The molecule has 0 unspecified atom stereocenters. The Kier molecular flexibility index (Phi) is 3.72. The summed E-state index contributed by atoms with van der Waals surface area (Å²) in [6.45, 7) is 2.06. The number of amides is 1. The molecule has 1 N–H and O–H groups in total. The standard InChI is InChI=1S/C22H21NO2/c1-15-7-9-16(10-8-15)22(13-14-22)21(24)23-19-11-12-20(25-2)18-6-4-3-5-17(18)19/h3-12H,13-14H2,1-2H3,(H,23,24). The number of hydrogen-bond acceptors (Lipinski definition) is 2. The van der Waals surface area contributed by atoms with Gasteiger partial charge in [0.15, 0.2) is 0 Å². The van der Waals surface area contributed by atoms with E-state index in [1.165, 1.54) is 5.56 Å². The van der Waals surface area contributed by atoms with Crippen LogP contribution in [0.5, 0.6) is 5.75 Å². The van der Waals surface area contributed by atoms with Gasteiger partial charge in [-0.25, -0.2) is 0 Å². The first-order chi connectivity index (χ1) is 12.1. The normalized spacial score (nSPS) is 15.0. The van der Waals surface area contributed by atoms with E-state index in [1.807, 2.05) is 36.4 Å². The van der Waals surface area contributed by atoms with E-state index < -0.39 is 0 Å². The number of methoxy groups -OCH3 is 1. The van der Waals surface area contributed by atoms with Gasteiger partial charge in [0.1, 0.15) is 5.75 Å². The Hall–Kier alpha value is -2.81. The number of anilines is 1. The highest BCUT2D eigenvalue weighted by molar-refractivity contribution is 6.08. The minimum absolute atomic E-state index is 0.0756. The van der Waals surface area contributed by atoms with Gasteiger partial charge in [0.25, 0.3) is 0 Å². The Labute approximate surface area is 147 Å². The van der Waals surface area contributed by atoms with Crippen molar-refractivity contribution in [3.63, 3.8) is 0 Å².